The number of aryl methyl sites for hydroxylation is 1. The molecular weight excluding hydrogens is 412 g/mol. The van der Waals surface area contributed by atoms with Crippen molar-refractivity contribution in [2.45, 2.75) is 25.7 Å². The SMILES string of the molecule is COC(=O)C[C@@H](c1ccc(OCCc2ccccc2)c(OC)c1)c1oc(C)cc(=O)c1O. The van der Waals surface area contributed by atoms with Crippen LogP contribution in [0.1, 0.15) is 35.0 Å². The average Bonchev–Trinajstić information content (AvgIpc) is 2.80. The van der Waals surface area contributed by atoms with E-state index in [0.29, 0.717) is 29.4 Å². The summed E-state index contributed by atoms with van der Waals surface area (Å²) in [4.78, 5) is 24.2. The van der Waals surface area contributed by atoms with Crippen molar-refractivity contribution in [2.24, 2.45) is 0 Å². The molecule has 3 rings (SSSR count). The first kappa shape index (κ1) is 22.9. The summed E-state index contributed by atoms with van der Waals surface area (Å²) < 4.78 is 21.8. The number of rotatable bonds is 9. The fourth-order valence-electron chi connectivity index (χ4n) is 3.42. The molecule has 0 fully saturated rings. The minimum absolute atomic E-state index is 0.000184. The third kappa shape index (κ3) is 5.49. The van der Waals surface area contributed by atoms with Crippen LogP contribution in [0, 0.1) is 6.92 Å². The first-order valence-electron chi connectivity index (χ1n) is 10.2. The topological polar surface area (TPSA) is 95.2 Å². The molecule has 0 bridgehead atoms. The Hall–Kier alpha value is -3.74. The summed E-state index contributed by atoms with van der Waals surface area (Å²) in [5.74, 6) is -0.473. The maximum absolute atomic E-state index is 12.1. The van der Waals surface area contributed by atoms with Gasteiger partial charge in [-0.25, -0.2) is 0 Å². The quantitative estimate of drug-likeness (QED) is 0.505. The van der Waals surface area contributed by atoms with E-state index in [2.05, 4.69) is 0 Å². The summed E-state index contributed by atoms with van der Waals surface area (Å²) in [6.45, 7) is 2.06. The normalized spacial score (nSPS) is 11.6. The Kier molecular flexibility index (Phi) is 7.54. The number of carbonyl (C=O) groups is 1. The average molecular weight is 438 g/mol. The largest absolute Gasteiger partial charge is 0.502 e. The maximum atomic E-state index is 12.1. The molecule has 0 aliphatic rings. The van der Waals surface area contributed by atoms with Crippen LogP contribution in [0.2, 0.25) is 0 Å². The Balaban J connectivity index is 1.90. The number of hydrogen-bond donors (Lipinski definition) is 1. The van der Waals surface area contributed by atoms with Crippen molar-refractivity contribution in [1.29, 1.82) is 0 Å². The summed E-state index contributed by atoms with van der Waals surface area (Å²) in [5.41, 5.74) is 1.18. The van der Waals surface area contributed by atoms with Gasteiger partial charge in [0.15, 0.2) is 17.3 Å². The van der Waals surface area contributed by atoms with E-state index in [-0.39, 0.29) is 12.2 Å². The molecule has 0 unspecified atom stereocenters. The van der Waals surface area contributed by atoms with Crippen molar-refractivity contribution >= 4 is 5.97 Å². The lowest BCUT2D eigenvalue weighted by Gasteiger charge is -2.19. The highest BCUT2D eigenvalue weighted by molar-refractivity contribution is 5.71. The van der Waals surface area contributed by atoms with Gasteiger partial charge in [0.25, 0.3) is 0 Å². The van der Waals surface area contributed by atoms with Gasteiger partial charge in [-0.3, -0.25) is 9.59 Å². The molecule has 1 aromatic heterocycles. The molecule has 2 aromatic carbocycles. The second-order valence-electron chi connectivity index (χ2n) is 7.26. The van der Waals surface area contributed by atoms with Crippen LogP contribution in [0.4, 0.5) is 0 Å². The van der Waals surface area contributed by atoms with E-state index in [9.17, 15) is 14.7 Å². The van der Waals surface area contributed by atoms with Gasteiger partial charge in [0, 0.05) is 12.5 Å². The number of benzene rings is 2. The third-order valence-corrected chi connectivity index (χ3v) is 5.07. The van der Waals surface area contributed by atoms with E-state index in [1.165, 1.54) is 20.3 Å². The Labute approximate surface area is 186 Å². The van der Waals surface area contributed by atoms with Gasteiger partial charge in [0.2, 0.25) is 11.2 Å². The number of aromatic hydroxyl groups is 1. The first-order chi connectivity index (χ1) is 15.4. The highest BCUT2D eigenvalue weighted by Crippen LogP contribution is 2.37. The maximum Gasteiger partial charge on any atom is 0.306 e. The summed E-state index contributed by atoms with van der Waals surface area (Å²) in [5, 5.41) is 10.3. The Bertz CT molecular complexity index is 1120. The molecule has 0 amide bonds. The van der Waals surface area contributed by atoms with Crippen LogP contribution < -0.4 is 14.9 Å². The molecule has 0 aliphatic heterocycles. The smallest absolute Gasteiger partial charge is 0.306 e. The van der Waals surface area contributed by atoms with Crippen molar-refractivity contribution in [2.75, 3.05) is 20.8 Å². The molecule has 0 spiro atoms. The number of ether oxygens (including phenoxy) is 3. The molecule has 0 aliphatic carbocycles. The van der Waals surface area contributed by atoms with Crippen molar-refractivity contribution in [1.82, 2.24) is 0 Å². The molecule has 168 valence electrons. The summed E-state index contributed by atoms with van der Waals surface area (Å²) in [7, 11) is 2.79. The van der Waals surface area contributed by atoms with E-state index in [4.69, 9.17) is 18.6 Å². The van der Waals surface area contributed by atoms with Crippen LogP contribution in [0.3, 0.4) is 0 Å². The Morgan fingerprint density at radius 2 is 1.81 bits per heavy atom. The molecule has 3 aromatic rings. The van der Waals surface area contributed by atoms with Gasteiger partial charge in [-0.15, -0.1) is 0 Å². The molecule has 0 saturated heterocycles. The van der Waals surface area contributed by atoms with Crippen LogP contribution in [0.25, 0.3) is 0 Å². The fraction of sp³-hybridized carbons (Fsp3) is 0.280. The van der Waals surface area contributed by atoms with Crippen LogP contribution >= 0.6 is 0 Å². The van der Waals surface area contributed by atoms with Crippen LogP contribution in [-0.4, -0.2) is 31.9 Å². The second kappa shape index (κ2) is 10.5. The first-order valence-corrected chi connectivity index (χ1v) is 10.2. The Morgan fingerprint density at radius 1 is 1.06 bits per heavy atom. The zero-order chi connectivity index (χ0) is 23.1. The fourth-order valence-corrected chi connectivity index (χ4v) is 3.42. The van der Waals surface area contributed by atoms with Gasteiger partial charge in [0.1, 0.15) is 5.76 Å². The van der Waals surface area contributed by atoms with Crippen LogP contribution in [0.15, 0.2) is 63.8 Å². The number of esters is 1. The molecule has 7 heteroatoms. The van der Waals surface area contributed by atoms with Crippen molar-refractivity contribution < 1.29 is 28.5 Å². The second-order valence-corrected chi connectivity index (χ2v) is 7.26. The molecular formula is C25H26O7. The van der Waals surface area contributed by atoms with E-state index in [0.717, 1.165) is 12.0 Å². The molecule has 0 radical (unpaired) electrons. The minimum Gasteiger partial charge on any atom is -0.502 e. The predicted octanol–water partition coefficient (Wildman–Crippen LogP) is 3.98. The summed E-state index contributed by atoms with van der Waals surface area (Å²) in [6.07, 6.45) is 0.604. The van der Waals surface area contributed by atoms with Crippen molar-refractivity contribution in [3.05, 3.63) is 87.5 Å². The molecule has 0 saturated carbocycles. The molecule has 1 heterocycles. The van der Waals surface area contributed by atoms with Gasteiger partial charge >= 0.3 is 5.97 Å². The lowest BCUT2D eigenvalue weighted by atomic mass is 9.92. The van der Waals surface area contributed by atoms with Crippen molar-refractivity contribution in [3.8, 4) is 17.2 Å². The molecule has 1 N–H and O–H groups in total. The van der Waals surface area contributed by atoms with Gasteiger partial charge in [-0.1, -0.05) is 36.4 Å². The van der Waals surface area contributed by atoms with E-state index >= 15 is 0 Å². The number of hydrogen-bond acceptors (Lipinski definition) is 7. The molecule has 7 nitrogen and oxygen atoms in total. The highest BCUT2D eigenvalue weighted by atomic mass is 16.5. The molecule has 32 heavy (non-hydrogen) atoms. The minimum atomic E-state index is -0.748. The lowest BCUT2D eigenvalue weighted by Crippen LogP contribution is -2.14. The predicted molar refractivity (Wildman–Crippen MR) is 118 cm³/mol. The Morgan fingerprint density at radius 3 is 2.50 bits per heavy atom. The highest BCUT2D eigenvalue weighted by Gasteiger charge is 2.27. The standard InChI is InChI=1S/C25H26O7/c1-16-13-20(26)24(28)25(32-16)19(15-23(27)30-3)18-9-10-21(22(14-18)29-2)31-12-11-17-7-5-4-6-8-17/h4-10,13-14,19,28H,11-12,15H2,1-3H3/t19-/m0/s1. The van der Waals surface area contributed by atoms with Gasteiger partial charge in [-0.2, -0.15) is 0 Å². The number of carbonyl (C=O) groups excluding carboxylic acids is 1. The third-order valence-electron chi connectivity index (χ3n) is 5.07. The van der Waals surface area contributed by atoms with Gasteiger partial charge in [0.05, 0.1) is 33.2 Å². The zero-order valence-electron chi connectivity index (χ0n) is 18.3. The van der Waals surface area contributed by atoms with Crippen LogP contribution in [0.5, 0.6) is 17.2 Å². The number of methoxy groups -OCH3 is 2. The monoisotopic (exact) mass is 438 g/mol. The van der Waals surface area contributed by atoms with Gasteiger partial charge in [-0.05, 0) is 30.2 Å². The van der Waals surface area contributed by atoms with Gasteiger partial charge < -0.3 is 23.7 Å². The lowest BCUT2D eigenvalue weighted by molar-refractivity contribution is -0.140. The van der Waals surface area contributed by atoms with Crippen LogP contribution in [-0.2, 0) is 16.0 Å². The summed E-state index contributed by atoms with van der Waals surface area (Å²) >= 11 is 0. The van der Waals surface area contributed by atoms with Crippen molar-refractivity contribution in [3.63, 3.8) is 0 Å². The van der Waals surface area contributed by atoms with E-state index < -0.39 is 23.1 Å². The van der Waals surface area contributed by atoms with E-state index in [1.807, 2.05) is 30.3 Å². The zero-order valence-corrected chi connectivity index (χ0v) is 18.3. The van der Waals surface area contributed by atoms with E-state index in [1.54, 1.807) is 25.1 Å². The molecule has 1 atom stereocenters. The summed E-state index contributed by atoms with van der Waals surface area (Å²) in [6, 6.07) is 16.4.